The van der Waals surface area contributed by atoms with E-state index in [2.05, 4.69) is 5.32 Å². The van der Waals surface area contributed by atoms with Gasteiger partial charge in [-0.1, -0.05) is 0 Å². The second kappa shape index (κ2) is 5.93. The third-order valence-corrected chi connectivity index (χ3v) is 4.52. The summed E-state index contributed by atoms with van der Waals surface area (Å²) in [6.45, 7) is 2.72. The highest BCUT2D eigenvalue weighted by Gasteiger charge is 2.36. The van der Waals surface area contributed by atoms with Crippen molar-refractivity contribution in [3.8, 4) is 11.5 Å². The van der Waals surface area contributed by atoms with Crippen molar-refractivity contribution in [2.24, 2.45) is 5.92 Å². The number of fused-ring (bicyclic) bond motifs is 1. The maximum Gasteiger partial charge on any atom is 0.254 e. The van der Waals surface area contributed by atoms with Gasteiger partial charge in [-0.25, -0.2) is 0 Å². The molecule has 1 amide bonds. The minimum Gasteiger partial charge on any atom is -0.493 e. The smallest absolute Gasteiger partial charge is 0.254 e. The van der Waals surface area contributed by atoms with Crippen molar-refractivity contribution in [2.75, 3.05) is 33.9 Å². The van der Waals surface area contributed by atoms with Crippen LogP contribution in [0.25, 0.3) is 0 Å². The third-order valence-electron chi connectivity index (χ3n) is 4.52. The first-order valence-electron chi connectivity index (χ1n) is 7.47. The minimum atomic E-state index is 0.0761. The molecule has 1 N–H and O–H groups in total. The summed E-state index contributed by atoms with van der Waals surface area (Å²) < 4.78 is 10.5. The van der Waals surface area contributed by atoms with Crippen LogP contribution in [0.2, 0.25) is 0 Å². The molecule has 0 radical (unpaired) electrons. The number of hydrogen-bond acceptors (Lipinski definition) is 4. The van der Waals surface area contributed by atoms with Gasteiger partial charge in [0.2, 0.25) is 0 Å². The Bertz CT molecular complexity index is 518. The van der Waals surface area contributed by atoms with Gasteiger partial charge in [0.1, 0.15) is 0 Å². The summed E-state index contributed by atoms with van der Waals surface area (Å²) in [4.78, 5) is 14.6. The number of hydrogen-bond donors (Lipinski definition) is 1. The molecule has 21 heavy (non-hydrogen) atoms. The van der Waals surface area contributed by atoms with Crippen molar-refractivity contribution in [1.29, 1.82) is 0 Å². The fourth-order valence-corrected chi connectivity index (χ4v) is 3.36. The third kappa shape index (κ3) is 2.70. The first-order valence-corrected chi connectivity index (χ1v) is 7.47. The molecule has 2 fully saturated rings. The van der Waals surface area contributed by atoms with Gasteiger partial charge in [0.15, 0.2) is 11.5 Å². The lowest BCUT2D eigenvalue weighted by Crippen LogP contribution is -2.41. The molecular weight excluding hydrogens is 268 g/mol. The number of benzene rings is 1. The predicted octanol–water partition coefficient (Wildman–Crippen LogP) is 1.53. The lowest BCUT2D eigenvalue weighted by Gasteiger charge is -2.24. The van der Waals surface area contributed by atoms with Crippen LogP contribution >= 0.6 is 0 Å². The minimum absolute atomic E-state index is 0.0761. The first-order chi connectivity index (χ1) is 10.2. The summed E-state index contributed by atoms with van der Waals surface area (Å²) in [6, 6.07) is 5.81. The van der Waals surface area contributed by atoms with Gasteiger partial charge in [-0.3, -0.25) is 4.79 Å². The van der Waals surface area contributed by atoms with Gasteiger partial charge in [0.05, 0.1) is 14.2 Å². The van der Waals surface area contributed by atoms with Gasteiger partial charge in [0, 0.05) is 24.7 Å². The highest BCUT2D eigenvalue weighted by Crippen LogP contribution is 2.30. The van der Waals surface area contributed by atoms with Crippen molar-refractivity contribution in [1.82, 2.24) is 10.2 Å². The zero-order valence-electron chi connectivity index (χ0n) is 12.6. The Balaban J connectivity index is 1.76. The van der Waals surface area contributed by atoms with Crippen LogP contribution in [0, 0.1) is 5.92 Å². The largest absolute Gasteiger partial charge is 0.493 e. The van der Waals surface area contributed by atoms with Crippen LogP contribution in [-0.4, -0.2) is 50.7 Å². The molecule has 5 heteroatoms. The standard InChI is InChI=1S/C16H22N2O3/c1-20-14-6-5-11(8-15(14)21-2)16(19)18-9-12-4-3-7-17-13(12)10-18/h5-6,8,12-13,17H,3-4,7,9-10H2,1-2H3. The highest BCUT2D eigenvalue weighted by molar-refractivity contribution is 5.95. The van der Waals surface area contributed by atoms with Gasteiger partial charge in [0.25, 0.3) is 5.91 Å². The molecule has 1 aromatic carbocycles. The van der Waals surface area contributed by atoms with E-state index in [0.29, 0.717) is 29.0 Å². The van der Waals surface area contributed by atoms with Gasteiger partial charge in [-0.2, -0.15) is 0 Å². The van der Waals surface area contributed by atoms with Crippen molar-refractivity contribution < 1.29 is 14.3 Å². The average Bonchev–Trinajstić information content (AvgIpc) is 2.97. The SMILES string of the molecule is COc1ccc(C(=O)N2CC3CCCNC3C2)cc1OC. The van der Waals surface area contributed by atoms with Crippen LogP contribution in [0.3, 0.4) is 0 Å². The molecule has 0 spiro atoms. The van der Waals surface area contributed by atoms with Crippen molar-refractivity contribution in [3.63, 3.8) is 0 Å². The van der Waals surface area contributed by atoms with Crippen LogP contribution in [-0.2, 0) is 0 Å². The van der Waals surface area contributed by atoms with Crippen molar-refractivity contribution in [3.05, 3.63) is 23.8 Å². The van der Waals surface area contributed by atoms with Crippen LogP contribution in [0.1, 0.15) is 23.2 Å². The maximum atomic E-state index is 12.7. The molecule has 2 saturated heterocycles. The molecule has 5 nitrogen and oxygen atoms in total. The average molecular weight is 290 g/mol. The Morgan fingerprint density at radius 3 is 2.76 bits per heavy atom. The number of ether oxygens (including phenoxy) is 2. The number of rotatable bonds is 3. The maximum absolute atomic E-state index is 12.7. The molecule has 2 heterocycles. The van der Waals surface area contributed by atoms with Crippen molar-refractivity contribution >= 4 is 5.91 Å². The number of piperidine rings is 1. The van der Waals surface area contributed by atoms with E-state index in [1.165, 1.54) is 12.8 Å². The zero-order chi connectivity index (χ0) is 14.8. The van der Waals surface area contributed by atoms with E-state index in [1.54, 1.807) is 32.4 Å². The fraction of sp³-hybridized carbons (Fsp3) is 0.562. The van der Waals surface area contributed by atoms with E-state index in [-0.39, 0.29) is 5.91 Å². The summed E-state index contributed by atoms with van der Waals surface area (Å²) in [6.07, 6.45) is 2.42. The van der Waals surface area contributed by atoms with Crippen LogP contribution in [0.5, 0.6) is 11.5 Å². The normalized spacial score (nSPS) is 24.6. The highest BCUT2D eigenvalue weighted by atomic mass is 16.5. The Morgan fingerprint density at radius 1 is 1.24 bits per heavy atom. The summed E-state index contributed by atoms with van der Waals surface area (Å²) in [5.41, 5.74) is 0.659. The lowest BCUT2D eigenvalue weighted by molar-refractivity contribution is 0.0785. The lowest BCUT2D eigenvalue weighted by atomic mass is 9.94. The Hall–Kier alpha value is -1.75. The number of methoxy groups -OCH3 is 2. The predicted molar refractivity (Wildman–Crippen MR) is 80.0 cm³/mol. The number of carbonyl (C=O) groups is 1. The van der Waals surface area contributed by atoms with E-state index in [9.17, 15) is 4.79 Å². The second-order valence-electron chi connectivity index (χ2n) is 5.74. The van der Waals surface area contributed by atoms with Crippen LogP contribution < -0.4 is 14.8 Å². The molecule has 2 unspecified atom stereocenters. The summed E-state index contributed by atoms with van der Waals surface area (Å²) in [5.74, 6) is 1.92. The van der Waals surface area contributed by atoms with Gasteiger partial charge in [-0.05, 0) is 43.5 Å². The Morgan fingerprint density at radius 2 is 2.05 bits per heavy atom. The zero-order valence-corrected chi connectivity index (χ0v) is 12.6. The number of amides is 1. The fourth-order valence-electron chi connectivity index (χ4n) is 3.36. The van der Waals surface area contributed by atoms with Crippen molar-refractivity contribution in [2.45, 2.75) is 18.9 Å². The van der Waals surface area contributed by atoms with E-state index in [0.717, 1.165) is 19.6 Å². The van der Waals surface area contributed by atoms with E-state index < -0.39 is 0 Å². The van der Waals surface area contributed by atoms with Crippen LogP contribution in [0.4, 0.5) is 0 Å². The van der Waals surface area contributed by atoms with E-state index in [1.807, 2.05) is 4.90 Å². The van der Waals surface area contributed by atoms with E-state index >= 15 is 0 Å². The molecule has 3 rings (SSSR count). The molecule has 0 saturated carbocycles. The molecule has 0 bridgehead atoms. The first kappa shape index (κ1) is 14.2. The van der Waals surface area contributed by atoms with Crippen LogP contribution in [0.15, 0.2) is 18.2 Å². The summed E-state index contributed by atoms with van der Waals surface area (Å²) in [7, 11) is 3.18. The molecule has 2 aliphatic rings. The number of nitrogens with zero attached hydrogens (tertiary/aromatic N) is 1. The summed E-state index contributed by atoms with van der Waals surface area (Å²) >= 11 is 0. The molecule has 2 aliphatic heterocycles. The number of likely N-dealkylation sites (tertiary alicyclic amines) is 1. The second-order valence-corrected chi connectivity index (χ2v) is 5.74. The molecule has 114 valence electrons. The quantitative estimate of drug-likeness (QED) is 0.917. The Labute approximate surface area is 125 Å². The number of carbonyl (C=O) groups excluding carboxylic acids is 1. The van der Waals surface area contributed by atoms with Gasteiger partial charge < -0.3 is 19.7 Å². The monoisotopic (exact) mass is 290 g/mol. The summed E-state index contributed by atoms with van der Waals surface area (Å²) in [5, 5.41) is 3.52. The van der Waals surface area contributed by atoms with Gasteiger partial charge >= 0.3 is 0 Å². The van der Waals surface area contributed by atoms with Gasteiger partial charge in [-0.15, -0.1) is 0 Å². The molecule has 0 aromatic heterocycles. The van der Waals surface area contributed by atoms with E-state index in [4.69, 9.17) is 9.47 Å². The molecule has 1 aromatic rings. The molecule has 0 aliphatic carbocycles. The number of nitrogens with one attached hydrogen (secondary N) is 1. The Kier molecular flexibility index (Phi) is 4.01. The molecule has 2 atom stereocenters. The molecular formula is C16H22N2O3. The topological polar surface area (TPSA) is 50.8 Å².